The van der Waals surface area contributed by atoms with Crippen molar-refractivity contribution in [3.05, 3.63) is 17.7 Å². The number of hydrogen-bond acceptors (Lipinski definition) is 2. The zero-order valence-corrected chi connectivity index (χ0v) is 11.2. The van der Waals surface area contributed by atoms with Crippen LogP contribution in [0.1, 0.15) is 54.3 Å². The van der Waals surface area contributed by atoms with E-state index < -0.39 is 0 Å². The van der Waals surface area contributed by atoms with E-state index in [2.05, 4.69) is 17.0 Å². The van der Waals surface area contributed by atoms with E-state index >= 15 is 0 Å². The van der Waals surface area contributed by atoms with Crippen LogP contribution >= 0.6 is 0 Å². The number of aryl methyl sites for hydroxylation is 1. The van der Waals surface area contributed by atoms with Gasteiger partial charge >= 0.3 is 0 Å². The second-order valence-corrected chi connectivity index (χ2v) is 2.68. The van der Waals surface area contributed by atoms with Gasteiger partial charge in [0.05, 0.1) is 0 Å². The van der Waals surface area contributed by atoms with Crippen molar-refractivity contribution in [1.29, 1.82) is 0 Å². The Hall–Kier alpha value is -1.12. The molecule has 0 radical (unpaired) electrons. The lowest BCUT2D eigenvalue weighted by Gasteiger charge is -1.96. The van der Waals surface area contributed by atoms with E-state index in [0.29, 0.717) is 0 Å². The van der Waals surface area contributed by atoms with E-state index in [1.165, 1.54) is 5.57 Å². The van der Waals surface area contributed by atoms with Crippen LogP contribution in [-0.4, -0.2) is 14.8 Å². The second kappa shape index (κ2) is 11.0. The first-order valence-corrected chi connectivity index (χ1v) is 5.77. The summed E-state index contributed by atoms with van der Waals surface area (Å²) in [7, 11) is 0. The van der Waals surface area contributed by atoms with Crippen molar-refractivity contribution in [3.63, 3.8) is 0 Å². The molecule has 0 spiro atoms. The quantitative estimate of drug-likeness (QED) is 0.745. The number of allylic oxidation sites excluding steroid dienone is 1. The summed E-state index contributed by atoms with van der Waals surface area (Å²) in [5.41, 5.74) is 1.23. The largest absolute Gasteiger partial charge is 0.225 e. The van der Waals surface area contributed by atoms with E-state index in [-0.39, 0.29) is 0 Å². The number of nitrogens with zero attached hydrogens (tertiary/aromatic N) is 3. The lowest BCUT2D eigenvalue weighted by Crippen LogP contribution is -1.96. The van der Waals surface area contributed by atoms with Crippen LogP contribution in [0.2, 0.25) is 0 Å². The van der Waals surface area contributed by atoms with Gasteiger partial charge in [0.1, 0.15) is 12.2 Å². The van der Waals surface area contributed by atoms with Crippen LogP contribution in [0.25, 0.3) is 6.20 Å². The molecule has 0 saturated carbocycles. The second-order valence-electron chi connectivity index (χ2n) is 2.68. The first kappa shape index (κ1) is 16.3. The fourth-order valence-corrected chi connectivity index (χ4v) is 0.880. The Morgan fingerprint density at radius 1 is 1.27 bits per heavy atom. The van der Waals surface area contributed by atoms with Crippen LogP contribution in [-0.2, 0) is 6.42 Å². The molecule has 0 saturated heterocycles. The average molecular weight is 211 g/mol. The monoisotopic (exact) mass is 211 g/mol. The molecule has 0 aliphatic heterocycles. The minimum atomic E-state index is 0.920. The Balaban J connectivity index is 0. The van der Waals surface area contributed by atoms with E-state index in [4.69, 9.17) is 0 Å². The third-order valence-corrected chi connectivity index (χ3v) is 1.34. The van der Waals surface area contributed by atoms with Crippen LogP contribution < -0.4 is 0 Å². The third kappa shape index (κ3) is 6.89. The molecule has 1 aromatic rings. The van der Waals surface area contributed by atoms with E-state index in [1.54, 1.807) is 6.33 Å². The Morgan fingerprint density at radius 3 is 2.20 bits per heavy atom. The van der Waals surface area contributed by atoms with Gasteiger partial charge in [-0.2, -0.15) is 5.10 Å². The molecule has 0 aliphatic carbocycles. The van der Waals surface area contributed by atoms with Crippen molar-refractivity contribution in [1.82, 2.24) is 14.8 Å². The van der Waals surface area contributed by atoms with Crippen molar-refractivity contribution >= 4 is 6.20 Å². The maximum absolute atomic E-state index is 4.10. The maximum atomic E-state index is 4.10. The number of aromatic nitrogens is 3. The van der Waals surface area contributed by atoms with Crippen molar-refractivity contribution in [3.8, 4) is 0 Å². The molecular formula is C12H25N3. The molecule has 0 fully saturated rings. The molecule has 1 heterocycles. The SMILES string of the molecule is CC.CC.CCc1ncnn1C=C(C)C. The van der Waals surface area contributed by atoms with Crippen molar-refractivity contribution in [2.75, 3.05) is 0 Å². The summed E-state index contributed by atoms with van der Waals surface area (Å²) >= 11 is 0. The number of hydrogen-bond donors (Lipinski definition) is 0. The summed E-state index contributed by atoms with van der Waals surface area (Å²) in [5, 5.41) is 4.06. The first-order chi connectivity index (χ1) is 7.24. The molecule has 15 heavy (non-hydrogen) atoms. The van der Waals surface area contributed by atoms with Gasteiger partial charge < -0.3 is 0 Å². The van der Waals surface area contributed by atoms with Crippen LogP contribution in [0.5, 0.6) is 0 Å². The van der Waals surface area contributed by atoms with E-state index in [1.807, 2.05) is 52.4 Å². The summed E-state index contributed by atoms with van der Waals surface area (Å²) in [6, 6.07) is 0. The van der Waals surface area contributed by atoms with Gasteiger partial charge in [-0.3, -0.25) is 0 Å². The highest BCUT2D eigenvalue weighted by Gasteiger charge is 1.96. The maximum Gasteiger partial charge on any atom is 0.138 e. The topological polar surface area (TPSA) is 30.7 Å². The molecule has 1 aromatic heterocycles. The van der Waals surface area contributed by atoms with Crippen molar-refractivity contribution < 1.29 is 0 Å². The molecule has 3 nitrogen and oxygen atoms in total. The van der Waals surface area contributed by atoms with Gasteiger partial charge in [-0.1, -0.05) is 40.2 Å². The lowest BCUT2D eigenvalue weighted by atomic mass is 10.4. The summed E-state index contributed by atoms with van der Waals surface area (Å²) in [6.45, 7) is 14.2. The highest BCUT2D eigenvalue weighted by molar-refractivity contribution is 5.26. The molecule has 0 amide bonds. The Kier molecular flexibility index (Phi) is 11.9. The molecule has 3 heteroatoms. The molecule has 88 valence electrons. The highest BCUT2D eigenvalue weighted by Crippen LogP contribution is 1.98. The zero-order valence-electron chi connectivity index (χ0n) is 11.2. The molecule has 0 aliphatic rings. The third-order valence-electron chi connectivity index (χ3n) is 1.34. The normalized spacial score (nSPS) is 7.93. The van der Waals surface area contributed by atoms with Gasteiger partial charge in [0.25, 0.3) is 0 Å². The summed E-state index contributed by atoms with van der Waals surface area (Å²) < 4.78 is 1.81. The molecule has 0 unspecified atom stereocenters. The predicted octanol–water partition coefficient (Wildman–Crippen LogP) is 3.77. The lowest BCUT2D eigenvalue weighted by molar-refractivity contribution is 0.836. The minimum absolute atomic E-state index is 0.920. The van der Waals surface area contributed by atoms with Gasteiger partial charge in [0.2, 0.25) is 0 Å². The van der Waals surface area contributed by atoms with E-state index in [9.17, 15) is 0 Å². The minimum Gasteiger partial charge on any atom is -0.225 e. The van der Waals surface area contributed by atoms with Crippen LogP contribution in [0.3, 0.4) is 0 Å². The fourth-order valence-electron chi connectivity index (χ4n) is 0.880. The molecule has 0 aromatic carbocycles. The Labute approximate surface area is 94.2 Å². The molecule has 0 atom stereocenters. The summed E-state index contributed by atoms with van der Waals surface area (Å²) in [6.07, 6.45) is 4.48. The van der Waals surface area contributed by atoms with E-state index in [0.717, 1.165) is 12.2 Å². The first-order valence-electron chi connectivity index (χ1n) is 5.77. The van der Waals surface area contributed by atoms with Gasteiger partial charge in [-0.25, -0.2) is 9.67 Å². The average Bonchev–Trinajstić information content (AvgIpc) is 2.70. The fraction of sp³-hybridized carbons (Fsp3) is 0.667. The molecular weight excluding hydrogens is 186 g/mol. The Bertz CT molecular complexity index is 258. The van der Waals surface area contributed by atoms with Gasteiger partial charge in [0.15, 0.2) is 0 Å². The van der Waals surface area contributed by atoms with Gasteiger partial charge in [-0.15, -0.1) is 0 Å². The van der Waals surface area contributed by atoms with Gasteiger partial charge in [0, 0.05) is 12.6 Å². The molecule has 1 rings (SSSR count). The zero-order chi connectivity index (χ0) is 12.3. The van der Waals surface area contributed by atoms with Crippen LogP contribution in [0.15, 0.2) is 11.9 Å². The van der Waals surface area contributed by atoms with Crippen LogP contribution in [0, 0.1) is 0 Å². The van der Waals surface area contributed by atoms with Crippen molar-refractivity contribution in [2.45, 2.75) is 54.9 Å². The smallest absolute Gasteiger partial charge is 0.138 e. The summed E-state index contributed by atoms with van der Waals surface area (Å²) in [4.78, 5) is 4.10. The van der Waals surface area contributed by atoms with Crippen LogP contribution in [0.4, 0.5) is 0 Å². The standard InChI is InChI=1S/C8H13N3.2C2H6/c1-4-8-9-6-10-11(8)5-7(2)3;2*1-2/h5-6H,4H2,1-3H3;2*1-2H3. The molecule has 0 bridgehead atoms. The Morgan fingerprint density at radius 2 is 1.80 bits per heavy atom. The predicted molar refractivity (Wildman–Crippen MR) is 67.7 cm³/mol. The molecule has 0 N–H and O–H groups in total. The number of rotatable bonds is 2. The highest BCUT2D eigenvalue weighted by atomic mass is 15.3. The summed E-state index contributed by atoms with van der Waals surface area (Å²) in [5.74, 6) is 1.01. The van der Waals surface area contributed by atoms with Gasteiger partial charge in [-0.05, 0) is 13.8 Å². The van der Waals surface area contributed by atoms with Crippen molar-refractivity contribution in [2.24, 2.45) is 0 Å².